The molecule has 0 spiro atoms. The van der Waals surface area contributed by atoms with Gasteiger partial charge in [-0.15, -0.1) is 11.8 Å². The lowest BCUT2D eigenvalue weighted by Gasteiger charge is -2.32. The fourth-order valence-corrected chi connectivity index (χ4v) is 4.96. The van der Waals surface area contributed by atoms with E-state index in [-0.39, 0.29) is 6.10 Å². The number of nitrogens with zero attached hydrogens (tertiary/aromatic N) is 3. The van der Waals surface area contributed by atoms with Crippen molar-refractivity contribution in [2.75, 3.05) is 43.4 Å². The van der Waals surface area contributed by atoms with E-state index in [1.165, 1.54) is 21.3 Å². The van der Waals surface area contributed by atoms with Crippen molar-refractivity contribution in [3.05, 3.63) is 60.7 Å². The first-order chi connectivity index (χ1) is 13.8. The second kappa shape index (κ2) is 9.52. The van der Waals surface area contributed by atoms with Gasteiger partial charge in [0.15, 0.2) is 5.82 Å². The third-order valence-corrected chi connectivity index (χ3v) is 6.83. The molecule has 0 amide bonds. The van der Waals surface area contributed by atoms with E-state index in [9.17, 15) is 5.11 Å². The zero-order valence-corrected chi connectivity index (χ0v) is 17.3. The van der Waals surface area contributed by atoms with Gasteiger partial charge in [0.05, 0.1) is 26.2 Å². The molecule has 1 aliphatic rings. The quantitative estimate of drug-likeness (QED) is 0.581. The van der Waals surface area contributed by atoms with E-state index >= 15 is 0 Å². The molecule has 3 aromatic rings. The first-order valence-electron chi connectivity index (χ1n) is 9.61. The maximum Gasteiger partial charge on any atom is 0.205 e. The van der Waals surface area contributed by atoms with Crippen LogP contribution in [0.15, 0.2) is 65.6 Å². The summed E-state index contributed by atoms with van der Waals surface area (Å²) in [6.45, 7) is 4.76. The van der Waals surface area contributed by atoms with Gasteiger partial charge in [-0.3, -0.25) is 0 Å². The van der Waals surface area contributed by atoms with Crippen LogP contribution in [0.1, 0.15) is 0 Å². The number of benzene rings is 2. The summed E-state index contributed by atoms with van der Waals surface area (Å²) in [6.07, 6.45) is -0.280. The van der Waals surface area contributed by atoms with Crippen molar-refractivity contribution in [3.8, 4) is 11.4 Å². The fraction of sp³-hybridized carbons (Fsp3) is 0.333. The molecular formula is C21H25N4OS2+. The third-order valence-electron chi connectivity index (χ3n) is 4.90. The second-order valence-corrected chi connectivity index (χ2v) is 8.81. The number of aliphatic hydroxyl groups is 1. The maximum absolute atomic E-state index is 10.4. The van der Waals surface area contributed by atoms with E-state index in [1.54, 1.807) is 11.8 Å². The number of quaternary nitrogens is 1. The monoisotopic (exact) mass is 413 g/mol. The molecule has 1 atom stereocenters. The molecule has 0 bridgehead atoms. The van der Waals surface area contributed by atoms with Crippen LogP contribution in [0.3, 0.4) is 0 Å². The van der Waals surface area contributed by atoms with Crippen LogP contribution in [-0.2, 0) is 0 Å². The van der Waals surface area contributed by atoms with Gasteiger partial charge in [0.2, 0.25) is 5.13 Å². The molecule has 1 fully saturated rings. The molecule has 0 radical (unpaired) electrons. The lowest BCUT2D eigenvalue weighted by atomic mass is 10.2. The zero-order chi connectivity index (χ0) is 19.2. The largest absolute Gasteiger partial charge is 0.386 e. The predicted octanol–water partition coefficient (Wildman–Crippen LogP) is 2.06. The van der Waals surface area contributed by atoms with Crippen LogP contribution >= 0.6 is 23.3 Å². The highest BCUT2D eigenvalue weighted by Crippen LogP contribution is 2.23. The normalized spacial score (nSPS) is 16.2. The number of nitrogens with one attached hydrogen (secondary N) is 1. The van der Waals surface area contributed by atoms with Crippen LogP contribution in [-0.4, -0.2) is 59.0 Å². The molecule has 1 aliphatic heterocycles. The number of rotatable bonds is 7. The van der Waals surface area contributed by atoms with Crippen molar-refractivity contribution in [3.63, 3.8) is 0 Å². The number of hydrogen-bond donors (Lipinski definition) is 2. The Labute approximate surface area is 174 Å². The van der Waals surface area contributed by atoms with Crippen LogP contribution in [0.2, 0.25) is 0 Å². The average Bonchev–Trinajstić information content (AvgIpc) is 3.25. The molecule has 4 rings (SSSR count). The average molecular weight is 414 g/mol. The Morgan fingerprint density at radius 1 is 1.04 bits per heavy atom. The number of thioether (sulfide) groups is 1. The van der Waals surface area contributed by atoms with Crippen molar-refractivity contribution >= 4 is 28.4 Å². The third kappa shape index (κ3) is 5.11. The molecular weight excluding hydrogens is 388 g/mol. The zero-order valence-electron chi connectivity index (χ0n) is 15.7. The summed E-state index contributed by atoms with van der Waals surface area (Å²) in [5.41, 5.74) is 1.06. The van der Waals surface area contributed by atoms with Gasteiger partial charge >= 0.3 is 0 Å². The summed E-state index contributed by atoms with van der Waals surface area (Å²) in [4.78, 5) is 9.72. The number of aromatic nitrogens is 2. The summed E-state index contributed by atoms with van der Waals surface area (Å²) in [5.74, 6) is 1.55. The lowest BCUT2D eigenvalue weighted by Crippen LogP contribution is -3.16. The van der Waals surface area contributed by atoms with Crippen molar-refractivity contribution in [1.82, 2.24) is 9.36 Å². The molecule has 0 saturated carbocycles. The summed E-state index contributed by atoms with van der Waals surface area (Å²) < 4.78 is 4.52. The Kier molecular flexibility index (Phi) is 6.59. The van der Waals surface area contributed by atoms with Gasteiger partial charge in [-0.2, -0.15) is 9.36 Å². The van der Waals surface area contributed by atoms with Crippen molar-refractivity contribution in [2.24, 2.45) is 0 Å². The predicted molar refractivity (Wildman–Crippen MR) is 116 cm³/mol. The first kappa shape index (κ1) is 19.4. The van der Waals surface area contributed by atoms with Gasteiger partial charge < -0.3 is 14.9 Å². The minimum absolute atomic E-state index is 0.280. The summed E-state index contributed by atoms with van der Waals surface area (Å²) in [6, 6.07) is 20.4. The highest BCUT2D eigenvalue weighted by atomic mass is 32.2. The number of hydrogen-bond acceptors (Lipinski definition) is 6. The Balaban J connectivity index is 1.24. The Morgan fingerprint density at radius 3 is 2.43 bits per heavy atom. The van der Waals surface area contributed by atoms with Crippen molar-refractivity contribution in [1.29, 1.82) is 0 Å². The Hall–Kier alpha value is -1.93. The molecule has 28 heavy (non-hydrogen) atoms. The molecule has 0 aliphatic carbocycles. The highest BCUT2D eigenvalue weighted by Gasteiger charge is 2.24. The van der Waals surface area contributed by atoms with E-state index in [2.05, 4.69) is 21.4 Å². The van der Waals surface area contributed by atoms with Crippen LogP contribution < -0.4 is 9.80 Å². The minimum atomic E-state index is -0.280. The summed E-state index contributed by atoms with van der Waals surface area (Å²) >= 11 is 3.20. The van der Waals surface area contributed by atoms with Gasteiger partial charge in [0.1, 0.15) is 12.6 Å². The van der Waals surface area contributed by atoms with Gasteiger partial charge in [-0.1, -0.05) is 48.5 Å². The van der Waals surface area contributed by atoms with Crippen LogP contribution in [0.25, 0.3) is 11.4 Å². The molecule has 0 unspecified atom stereocenters. The Bertz CT molecular complexity index is 851. The van der Waals surface area contributed by atoms with Gasteiger partial charge in [0, 0.05) is 27.7 Å². The molecule has 1 saturated heterocycles. The van der Waals surface area contributed by atoms with Gasteiger partial charge in [0.25, 0.3) is 0 Å². The molecule has 5 nitrogen and oxygen atoms in total. The molecule has 2 aromatic carbocycles. The highest BCUT2D eigenvalue weighted by molar-refractivity contribution is 7.99. The van der Waals surface area contributed by atoms with Crippen LogP contribution in [0, 0.1) is 0 Å². The van der Waals surface area contributed by atoms with Crippen LogP contribution in [0.5, 0.6) is 0 Å². The van der Waals surface area contributed by atoms with Gasteiger partial charge in [-0.05, 0) is 12.1 Å². The summed E-state index contributed by atoms with van der Waals surface area (Å²) in [5, 5.41) is 11.4. The van der Waals surface area contributed by atoms with E-state index in [0.717, 1.165) is 55.0 Å². The van der Waals surface area contributed by atoms with Crippen molar-refractivity contribution < 1.29 is 10.0 Å². The van der Waals surface area contributed by atoms with Gasteiger partial charge in [-0.25, -0.2) is 0 Å². The van der Waals surface area contributed by atoms with Crippen LogP contribution in [0.4, 0.5) is 5.13 Å². The standard InChI is InChI=1S/C21H24N4OS2/c26-18(16-27-19-9-5-2-6-10-19)15-24-11-13-25(14-12-24)21-22-20(23-28-21)17-7-3-1-4-8-17/h1-10,18,26H,11-16H2/p+1/t18-/m1/s1. The number of anilines is 1. The molecule has 2 heterocycles. The maximum atomic E-state index is 10.4. The second-order valence-electron chi connectivity index (χ2n) is 6.99. The number of aliphatic hydroxyl groups excluding tert-OH is 1. The minimum Gasteiger partial charge on any atom is -0.386 e. The molecule has 2 N–H and O–H groups in total. The molecule has 1 aromatic heterocycles. The number of piperazine rings is 1. The lowest BCUT2D eigenvalue weighted by molar-refractivity contribution is -0.903. The topological polar surface area (TPSA) is 53.7 Å². The molecule has 7 heteroatoms. The Morgan fingerprint density at radius 2 is 1.71 bits per heavy atom. The SMILES string of the molecule is O[C@@H](CSc1ccccc1)C[NH+]1CCN(c2nc(-c3ccccc3)ns2)CC1. The van der Waals surface area contributed by atoms with E-state index in [4.69, 9.17) is 4.98 Å². The van der Waals surface area contributed by atoms with E-state index < -0.39 is 0 Å². The fourth-order valence-electron chi connectivity index (χ4n) is 3.37. The first-order valence-corrected chi connectivity index (χ1v) is 11.4. The van der Waals surface area contributed by atoms with E-state index in [1.807, 2.05) is 48.5 Å². The molecule has 146 valence electrons. The smallest absolute Gasteiger partial charge is 0.205 e. The van der Waals surface area contributed by atoms with Crippen molar-refractivity contribution in [2.45, 2.75) is 11.0 Å². The summed E-state index contributed by atoms with van der Waals surface area (Å²) in [7, 11) is 0. The van der Waals surface area contributed by atoms with E-state index in [0.29, 0.717) is 0 Å².